The molecule has 1 saturated heterocycles. The average Bonchev–Trinajstić information content (AvgIpc) is 3.43. The largest absolute Gasteiger partial charge is 1.00 e. The van der Waals surface area contributed by atoms with Crippen molar-refractivity contribution in [1.29, 1.82) is 0 Å². The van der Waals surface area contributed by atoms with E-state index in [1.807, 2.05) is 0 Å². The Hall–Kier alpha value is -4.01. The van der Waals surface area contributed by atoms with E-state index < -0.39 is 50.1 Å². The van der Waals surface area contributed by atoms with Gasteiger partial charge in [0, 0.05) is 38.7 Å². The molecule has 0 bridgehead atoms. The molecule has 0 aromatic carbocycles. The number of aromatic nitrogens is 1. The zero-order valence-corrected chi connectivity index (χ0v) is 27.1. The minimum absolute atomic E-state index is 0. The highest BCUT2D eigenvalue weighted by atomic mass is 35.5. The van der Waals surface area contributed by atoms with Crippen molar-refractivity contribution in [3.05, 3.63) is 84.9 Å². The average molecular weight is 664 g/mol. The van der Waals surface area contributed by atoms with Gasteiger partial charge in [-0.3, -0.25) is 19.7 Å². The van der Waals surface area contributed by atoms with Gasteiger partial charge in [-0.25, -0.2) is 13.2 Å². The van der Waals surface area contributed by atoms with Gasteiger partial charge in [0.05, 0.1) is 54.7 Å². The van der Waals surface area contributed by atoms with Gasteiger partial charge in [0.15, 0.2) is 9.84 Å². The third kappa shape index (κ3) is 7.63. The number of carboxylic acid groups (broad SMARTS) is 1. The van der Waals surface area contributed by atoms with Crippen molar-refractivity contribution in [3.8, 4) is 0 Å². The van der Waals surface area contributed by atoms with Crippen LogP contribution in [0, 0.1) is 24.0 Å². The Morgan fingerprint density at radius 1 is 1.22 bits per heavy atom. The molecule has 13 nitrogen and oxygen atoms in total. The predicted molar refractivity (Wildman–Crippen MR) is 163 cm³/mol. The smallest absolute Gasteiger partial charge is 0.331 e. The Morgan fingerprint density at radius 2 is 1.91 bits per heavy atom. The minimum atomic E-state index is -3.98. The van der Waals surface area contributed by atoms with Gasteiger partial charge < -0.3 is 38.0 Å². The van der Waals surface area contributed by atoms with Gasteiger partial charge in [-0.2, -0.15) is 0 Å². The molecule has 1 aromatic rings. The molecule has 0 radical (unpaired) electrons. The molecule has 45 heavy (non-hydrogen) atoms. The number of allylic oxidation sites excluding steroid dienone is 4. The van der Waals surface area contributed by atoms with Crippen LogP contribution in [0.1, 0.15) is 54.0 Å². The fraction of sp³-hybridized carbons (Fsp3) is 0.433. The van der Waals surface area contributed by atoms with Crippen LogP contribution in [0.25, 0.3) is 6.08 Å². The normalized spacial score (nSPS) is 20.4. The molecule has 1 aromatic heterocycles. The maximum atomic E-state index is 13.5. The maximum absolute atomic E-state index is 13.5. The number of carbonyl (C=O) groups is 3. The zero-order chi connectivity index (χ0) is 32.3. The second-order valence-corrected chi connectivity index (χ2v) is 13.4. The number of hydrogen-bond donors (Lipinski definition) is 5. The number of H-pyrrole nitrogens is 1. The van der Waals surface area contributed by atoms with Gasteiger partial charge in [0.2, 0.25) is 6.04 Å². The number of rotatable bonds is 12. The first kappa shape index (κ1) is 35.5. The van der Waals surface area contributed by atoms with E-state index in [2.05, 4.69) is 29.5 Å². The minimum Gasteiger partial charge on any atom is -1.00 e. The van der Waals surface area contributed by atoms with E-state index in [9.17, 15) is 38.0 Å². The van der Waals surface area contributed by atoms with Crippen LogP contribution in [0.2, 0.25) is 0 Å². The molecule has 2 amide bonds. The Bertz CT molecular complexity index is 1660. The Kier molecular flexibility index (Phi) is 11.3. The van der Waals surface area contributed by atoms with Crippen LogP contribution in [0.3, 0.4) is 0 Å². The number of carboxylic acids is 1. The van der Waals surface area contributed by atoms with E-state index in [0.29, 0.717) is 40.3 Å². The lowest BCUT2D eigenvalue weighted by Gasteiger charge is -2.21. The number of aromatic amines is 1. The Balaban J connectivity index is 0.00000552. The van der Waals surface area contributed by atoms with Crippen molar-refractivity contribution in [3.63, 3.8) is 0 Å². The van der Waals surface area contributed by atoms with Gasteiger partial charge in [0.25, 0.3) is 11.8 Å². The summed E-state index contributed by atoms with van der Waals surface area (Å²) in [5.74, 6) is -2.56. The van der Waals surface area contributed by atoms with Crippen LogP contribution in [-0.4, -0.2) is 84.4 Å². The number of fused-ring (bicyclic) bond motifs is 1. The summed E-state index contributed by atoms with van der Waals surface area (Å²) in [6, 6.07) is -1.46. The number of quaternary nitrogens is 1. The van der Waals surface area contributed by atoms with Gasteiger partial charge in [-0.05, 0) is 45.8 Å². The van der Waals surface area contributed by atoms with E-state index in [1.165, 1.54) is 23.1 Å². The number of likely N-dealkylation sites (N-methyl/N-ethyl adjacent to an activating group) is 1. The summed E-state index contributed by atoms with van der Waals surface area (Å²) in [6.45, 7) is 11.0. The molecule has 0 spiro atoms. The lowest BCUT2D eigenvalue weighted by atomic mass is 9.95. The molecule has 244 valence electrons. The lowest BCUT2D eigenvalue weighted by Crippen LogP contribution is -3.12. The second-order valence-electron chi connectivity index (χ2n) is 11.2. The molecule has 2 aliphatic carbocycles. The van der Waals surface area contributed by atoms with Crippen molar-refractivity contribution in [2.24, 2.45) is 0 Å². The van der Waals surface area contributed by atoms with Crippen LogP contribution in [0.15, 0.2) is 52.3 Å². The molecular formula is C30H38ClN5O8S. The second kappa shape index (κ2) is 14.4. The third-order valence-electron chi connectivity index (χ3n) is 8.43. The number of aliphatic carboxylic acids is 1. The SMILES string of the molecule is CC[NH+](CC)CCNC(=O)c1c(C)[nH]c(C=C2C(=O)NC3=CCC(S(=O)(=O)CC4=CC=C(C(=O)O)CC4[N+](=O)[O-])C=C32)c1C.[Cl-]. The Labute approximate surface area is 267 Å². The first-order valence-corrected chi connectivity index (χ1v) is 16.2. The topological polar surface area (TPSA) is 193 Å². The maximum Gasteiger partial charge on any atom is 0.331 e. The summed E-state index contributed by atoms with van der Waals surface area (Å²) in [4.78, 5) is 52.8. The van der Waals surface area contributed by atoms with Crippen molar-refractivity contribution in [2.75, 3.05) is 31.9 Å². The first-order chi connectivity index (χ1) is 20.8. The van der Waals surface area contributed by atoms with Crippen LogP contribution in [0.4, 0.5) is 0 Å². The van der Waals surface area contributed by atoms with Crippen LogP contribution in [0.5, 0.6) is 0 Å². The number of nitrogens with zero attached hydrogens (tertiary/aromatic N) is 1. The molecule has 2 atom stereocenters. The summed E-state index contributed by atoms with van der Waals surface area (Å²) in [6.07, 6.45) is 6.75. The zero-order valence-electron chi connectivity index (χ0n) is 25.5. The van der Waals surface area contributed by atoms with E-state index in [0.717, 1.165) is 19.6 Å². The summed E-state index contributed by atoms with van der Waals surface area (Å²) in [5.41, 5.74) is 3.25. The molecule has 15 heteroatoms. The first-order valence-electron chi connectivity index (χ1n) is 14.5. The fourth-order valence-electron chi connectivity index (χ4n) is 5.77. The van der Waals surface area contributed by atoms with Crippen LogP contribution < -0.4 is 27.9 Å². The monoisotopic (exact) mass is 663 g/mol. The van der Waals surface area contributed by atoms with E-state index in [1.54, 1.807) is 26.0 Å². The van der Waals surface area contributed by atoms with Crippen LogP contribution in [-0.2, 0) is 19.4 Å². The number of hydrogen-bond acceptors (Lipinski definition) is 7. The highest BCUT2D eigenvalue weighted by Crippen LogP contribution is 2.35. The fourth-order valence-corrected chi connectivity index (χ4v) is 7.47. The van der Waals surface area contributed by atoms with Gasteiger partial charge in [-0.15, -0.1) is 0 Å². The van der Waals surface area contributed by atoms with Crippen LogP contribution >= 0.6 is 0 Å². The number of aryl methyl sites for hydroxylation is 1. The third-order valence-corrected chi connectivity index (χ3v) is 10.4. The predicted octanol–water partition coefficient (Wildman–Crippen LogP) is -2.21. The van der Waals surface area contributed by atoms with Gasteiger partial charge in [0.1, 0.15) is 0 Å². The van der Waals surface area contributed by atoms with Crippen molar-refractivity contribution < 1.29 is 50.1 Å². The molecule has 5 N–H and O–H groups in total. The molecule has 2 heterocycles. The van der Waals surface area contributed by atoms with E-state index >= 15 is 0 Å². The molecule has 1 aliphatic heterocycles. The molecule has 1 fully saturated rings. The van der Waals surface area contributed by atoms with Gasteiger partial charge >= 0.3 is 5.97 Å². The Morgan fingerprint density at radius 3 is 2.53 bits per heavy atom. The number of carbonyl (C=O) groups excluding carboxylic acids is 2. The number of amides is 2. The highest BCUT2D eigenvalue weighted by Gasteiger charge is 2.38. The summed E-state index contributed by atoms with van der Waals surface area (Å²) < 4.78 is 26.9. The lowest BCUT2D eigenvalue weighted by molar-refractivity contribution is -0.895. The number of nitro groups is 1. The molecule has 2 unspecified atom stereocenters. The number of sulfone groups is 1. The number of nitrogens with one attached hydrogen (secondary N) is 4. The molecule has 3 aliphatic rings. The van der Waals surface area contributed by atoms with Crippen molar-refractivity contribution >= 4 is 33.7 Å². The standard InChI is InChI=1S/C30H37N5O8S.ClH/c1-5-34(6-2)12-11-31-29(37)27-17(3)25(32-18(27)4)15-23-22-14-21(9-10-24(22)33-28(23)36)44(42,43)16-20-8-7-19(30(38)39)13-26(20)35(40)41;/h7-8,10,14-15,21,26,32H,5-6,9,11-13,16H2,1-4H3,(H,31,37)(H,33,36)(H,38,39);1H. The quantitative estimate of drug-likeness (QED) is 0.0944. The molecular weight excluding hydrogens is 626 g/mol. The summed E-state index contributed by atoms with van der Waals surface area (Å²) in [7, 11) is -3.98. The summed E-state index contributed by atoms with van der Waals surface area (Å²) in [5, 5.41) is 25.5. The van der Waals surface area contributed by atoms with E-state index in [4.69, 9.17) is 0 Å². The van der Waals surface area contributed by atoms with Gasteiger partial charge in [-0.1, -0.05) is 24.3 Å². The molecule has 0 saturated carbocycles. The number of halogens is 1. The summed E-state index contributed by atoms with van der Waals surface area (Å²) >= 11 is 0. The van der Waals surface area contributed by atoms with Crippen molar-refractivity contribution in [2.45, 2.75) is 51.8 Å². The highest BCUT2D eigenvalue weighted by molar-refractivity contribution is 7.92. The van der Waals surface area contributed by atoms with E-state index in [-0.39, 0.29) is 41.5 Å². The van der Waals surface area contributed by atoms with Crippen molar-refractivity contribution in [1.82, 2.24) is 15.6 Å². The molecule has 4 rings (SSSR count).